The first-order valence-electron chi connectivity index (χ1n) is 8.69. The molecule has 2 aliphatic heterocycles. The maximum atomic E-state index is 6.20. The van der Waals surface area contributed by atoms with Crippen LogP contribution in [0.1, 0.15) is 30.4 Å². The minimum atomic E-state index is 0.0464. The summed E-state index contributed by atoms with van der Waals surface area (Å²) in [5.41, 5.74) is 2.61. The van der Waals surface area contributed by atoms with Gasteiger partial charge in [0.1, 0.15) is 0 Å². The van der Waals surface area contributed by atoms with Gasteiger partial charge in [-0.1, -0.05) is 6.07 Å². The molecule has 2 fully saturated rings. The second-order valence-electron chi connectivity index (χ2n) is 6.90. The molecule has 2 aliphatic rings. The van der Waals surface area contributed by atoms with Crippen molar-refractivity contribution in [3.63, 3.8) is 0 Å². The third-order valence-corrected chi connectivity index (χ3v) is 5.87. The van der Waals surface area contributed by atoms with Gasteiger partial charge in [0.25, 0.3) is 0 Å². The maximum Gasteiger partial charge on any atom is 0.0840 e. The lowest BCUT2D eigenvalue weighted by Crippen LogP contribution is -2.43. The van der Waals surface area contributed by atoms with Crippen molar-refractivity contribution in [3.05, 3.63) is 52.5 Å². The van der Waals surface area contributed by atoms with E-state index in [1.54, 1.807) is 17.5 Å². The molecule has 2 aromatic heterocycles. The van der Waals surface area contributed by atoms with Gasteiger partial charge in [-0.2, -0.15) is 11.3 Å². The zero-order chi connectivity index (χ0) is 16.2. The fourth-order valence-electron chi connectivity index (χ4n) is 3.72. The highest BCUT2D eigenvalue weighted by molar-refractivity contribution is 7.07. The molecule has 0 saturated carbocycles. The van der Waals surface area contributed by atoms with Gasteiger partial charge in [0.15, 0.2) is 0 Å². The molecule has 0 amide bonds. The summed E-state index contributed by atoms with van der Waals surface area (Å²) in [6.07, 6.45) is 7.14. The van der Waals surface area contributed by atoms with Gasteiger partial charge < -0.3 is 9.47 Å². The van der Waals surface area contributed by atoms with Crippen LogP contribution in [0.3, 0.4) is 0 Å². The highest BCUT2D eigenvalue weighted by Gasteiger charge is 2.43. The van der Waals surface area contributed by atoms with E-state index in [0.29, 0.717) is 6.61 Å². The van der Waals surface area contributed by atoms with Crippen molar-refractivity contribution < 1.29 is 9.47 Å². The molecule has 1 spiro atoms. The number of thiophene rings is 1. The molecule has 0 N–H and O–H groups in total. The molecule has 2 saturated heterocycles. The number of likely N-dealkylation sites (tertiary alicyclic amines) is 1. The maximum absolute atomic E-state index is 6.20. The van der Waals surface area contributed by atoms with E-state index in [1.807, 2.05) is 12.3 Å². The second-order valence-corrected chi connectivity index (χ2v) is 7.68. The normalized spacial score (nSPS) is 23.8. The van der Waals surface area contributed by atoms with E-state index in [9.17, 15) is 0 Å². The smallest absolute Gasteiger partial charge is 0.0840 e. The average molecular weight is 344 g/mol. The SMILES string of the molecule is c1cncc(CO[C@@H]2COC3(CCN(Cc4ccsc4)CC3)C2)c1. The molecule has 0 unspecified atom stereocenters. The van der Waals surface area contributed by atoms with E-state index in [4.69, 9.17) is 9.47 Å². The quantitative estimate of drug-likeness (QED) is 0.832. The van der Waals surface area contributed by atoms with Crippen LogP contribution in [0, 0.1) is 0 Å². The Morgan fingerprint density at radius 1 is 1.29 bits per heavy atom. The van der Waals surface area contributed by atoms with E-state index in [2.05, 4.69) is 32.8 Å². The van der Waals surface area contributed by atoms with Gasteiger partial charge >= 0.3 is 0 Å². The van der Waals surface area contributed by atoms with Crippen molar-refractivity contribution in [1.82, 2.24) is 9.88 Å². The van der Waals surface area contributed by atoms with E-state index >= 15 is 0 Å². The zero-order valence-corrected chi connectivity index (χ0v) is 14.7. The Morgan fingerprint density at radius 3 is 2.96 bits per heavy atom. The van der Waals surface area contributed by atoms with Gasteiger partial charge in [0.05, 0.1) is 24.9 Å². The van der Waals surface area contributed by atoms with Crippen LogP contribution in [0.5, 0.6) is 0 Å². The van der Waals surface area contributed by atoms with Crippen LogP contribution in [-0.4, -0.2) is 41.3 Å². The molecule has 0 radical (unpaired) electrons. The summed E-state index contributed by atoms with van der Waals surface area (Å²) in [6, 6.07) is 6.24. The van der Waals surface area contributed by atoms with Gasteiger partial charge in [-0.25, -0.2) is 0 Å². The van der Waals surface area contributed by atoms with Gasteiger partial charge in [0, 0.05) is 38.4 Å². The first-order valence-corrected chi connectivity index (χ1v) is 9.64. The Hall–Kier alpha value is -1.27. The van der Waals surface area contributed by atoms with Gasteiger partial charge in [-0.15, -0.1) is 0 Å². The summed E-state index contributed by atoms with van der Waals surface area (Å²) < 4.78 is 12.3. The highest BCUT2D eigenvalue weighted by atomic mass is 32.1. The molecule has 1 atom stereocenters. The second kappa shape index (κ2) is 7.31. The van der Waals surface area contributed by atoms with Crippen LogP contribution in [0.15, 0.2) is 41.4 Å². The largest absolute Gasteiger partial charge is 0.372 e. The average Bonchev–Trinajstić information content (AvgIpc) is 3.27. The van der Waals surface area contributed by atoms with Gasteiger partial charge in [-0.3, -0.25) is 9.88 Å². The van der Waals surface area contributed by atoms with Crippen molar-refractivity contribution in [3.8, 4) is 0 Å². The summed E-state index contributed by atoms with van der Waals surface area (Å²) in [6.45, 7) is 4.66. The molecule has 0 bridgehead atoms. The Kier molecular flexibility index (Phi) is 4.94. The van der Waals surface area contributed by atoms with Gasteiger partial charge in [0.2, 0.25) is 0 Å². The summed E-state index contributed by atoms with van der Waals surface area (Å²) in [7, 11) is 0. The van der Waals surface area contributed by atoms with Crippen LogP contribution >= 0.6 is 11.3 Å². The van der Waals surface area contributed by atoms with Crippen molar-refractivity contribution in [1.29, 1.82) is 0 Å². The zero-order valence-electron chi connectivity index (χ0n) is 13.9. The van der Waals surface area contributed by atoms with Crippen molar-refractivity contribution >= 4 is 11.3 Å². The number of ether oxygens (including phenoxy) is 2. The third-order valence-electron chi connectivity index (χ3n) is 5.14. The number of piperidine rings is 1. The van der Waals surface area contributed by atoms with Crippen molar-refractivity contribution in [2.24, 2.45) is 0 Å². The summed E-state index contributed by atoms with van der Waals surface area (Å²) in [5, 5.41) is 4.41. The molecule has 0 aliphatic carbocycles. The fourth-order valence-corrected chi connectivity index (χ4v) is 4.37. The lowest BCUT2D eigenvalue weighted by molar-refractivity contribution is -0.0468. The molecular weight excluding hydrogens is 320 g/mol. The van der Waals surface area contributed by atoms with Crippen molar-refractivity contribution in [2.45, 2.75) is 44.1 Å². The van der Waals surface area contributed by atoms with Crippen LogP contribution < -0.4 is 0 Å². The Morgan fingerprint density at radius 2 is 2.21 bits per heavy atom. The molecular formula is C19H24N2O2S. The number of rotatable bonds is 5. The van der Waals surface area contributed by atoms with Crippen LogP contribution in [0.25, 0.3) is 0 Å². The van der Waals surface area contributed by atoms with Crippen molar-refractivity contribution in [2.75, 3.05) is 19.7 Å². The Labute approximate surface area is 147 Å². The van der Waals surface area contributed by atoms with E-state index < -0.39 is 0 Å². The highest BCUT2D eigenvalue weighted by Crippen LogP contribution is 2.37. The predicted octanol–water partition coefficient (Wildman–Crippen LogP) is 3.48. The Balaban J connectivity index is 1.24. The first-order chi connectivity index (χ1) is 11.8. The molecule has 0 aromatic carbocycles. The standard InChI is InChI=1S/C19H24N2O2S/c1-2-16(11-20-6-1)13-22-18-10-19(23-14-18)4-7-21(8-5-19)12-17-3-9-24-15-17/h1-3,6,9,11,15,18H,4-5,7-8,10,12-14H2/t18-/m0/s1. The first kappa shape index (κ1) is 16.2. The molecule has 4 heterocycles. The third kappa shape index (κ3) is 3.86. The number of hydrogen-bond donors (Lipinski definition) is 0. The lowest BCUT2D eigenvalue weighted by Gasteiger charge is -2.38. The van der Waals surface area contributed by atoms with Crippen LogP contribution in [-0.2, 0) is 22.6 Å². The monoisotopic (exact) mass is 344 g/mol. The van der Waals surface area contributed by atoms with E-state index in [1.165, 1.54) is 5.56 Å². The molecule has 4 rings (SSSR count). The topological polar surface area (TPSA) is 34.6 Å². The predicted molar refractivity (Wildman–Crippen MR) is 94.9 cm³/mol. The molecule has 5 heteroatoms. The Bertz CT molecular complexity index is 624. The fraction of sp³-hybridized carbons (Fsp3) is 0.526. The minimum Gasteiger partial charge on any atom is -0.372 e. The molecule has 128 valence electrons. The molecule has 2 aromatic rings. The summed E-state index contributed by atoms with van der Waals surface area (Å²) in [5.74, 6) is 0. The summed E-state index contributed by atoms with van der Waals surface area (Å²) >= 11 is 1.78. The number of pyridine rings is 1. The lowest BCUT2D eigenvalue weighted by atomic mass is 9.88. The minimum absolute atomic E-state index is 0.0464. The van der Waals surface area contributed by atoms with Crippen LogP contribution in [0.2, 0.25) is 0 Å². The molecule has 4 nitrogen and oxygen atoms in total. The van der Waals surface area contributed by atoms with E-state index in [-0.39, 0.29) is 11.7 Å². The molecule has 24 heavy (non-hydrogen) atoms. The van der Waals surface area contributed by atoms with Gasteiger partial charge in [-0.05, 0) is 46.9 Å². The number of nitrogens with zero attached hydrogens (tertiary/aromatic N) is 2. The van der Waals surface area contributed by atoms with Crippen LogP contribution in [0.4, 0.5) is 0 Å². The summed E-state index contributed by atoms with van der Waals surface area (Å²) in [4.78, 5) is 6.68. The number of hydrogen-bond acceptors (Lipinski definition) is 5. The number of aromatic nitrogens is 1. The van der Waals surface area contributed by atoms with E-state index in [0.717, 1.165) is 51.1 Å².